The number of aliphatic hydroxyl groups excluding tert-OH is 1. The van der Waals surface area contributed by atoms with Gasteiger partial charge in [0, 0.05) is 45.5 Å². The molecule has 5 nitrogen and oxygen atoms in total. The smallest absolute Gasteiger partial charge is 0.0943 e. The second kappa shape index (κ2) is 7.99. The predicted molar refractivity (Wildman–Crippen MR) is 82.4 cm³/mol. The third-order valence-electron chi connectivity index (χ3n) is 3.98. The van der Waals surface area contributed by atoms with Crippen LogP contribution in [-0.2, 0) is 4.74 Å². The van der Waals surface area contributed by atoms with Crippen molar-refractivity contribution in [1.29, 1.82) is 5.26 Å². The highest BCUT2D eigenvalue weighted by Gasteiger charge is 2.17. The van der Waals surface area contributed by atoms with E-state index in [1.54, 1.807) is 7.11 Å². The number of methoxy groups -OCH3 is 1. The van der Waals surface area contributed by atoms with E-state index >= 15 is 0 Å². The SMILES string of the molecule is COCCN1CCN(c2ccc(C(C#N)CO)cc2)CC1. The highest BCUT2D eigenvalue weighted by atomic mass is 16.5. The summed E-state index contributed by atoms with van der Waals surface area (Å²) in [5.41, 5.74) is 2.06. The van der Waals surface area contributed by atoms with E-state index in [1.165, 1.54) is 5.69 Å². The topological polar surface area (TPSA) is 59.7 Å². The Hall–Kier alpha value is -1.61. The number of aliphatic hydroxyl groups is 1. The standard InChI is InChI=1S/C16H23N3O2/c1-21-11-10-18-6-8-19(9-7-18)16-4-2-14(3-5-16)15(12-17)13-20/h2-5,15,20H,6-11,13H2,1H3. The summed E-state index contributed by atoms with van der Waals surface area (Å²) in [6.45, 7) is 5.74. The summed E-state index contributed by atoms with van der Waals surface area (Å²) >= 11 is 0. The summed E-state index contributed by atoms with van der Waals surface area (Å²) in [5.74, 6) is -0.426. The van der Waals surface area contributed by atoms with Gasteiger partial charge in [-0.15, -0.1) is 0 Å². The highest BCUT2D eigenvalue weighted by Crippen LogP contribution is 2.21. The van der Waals surface area contributed by atoms with Crippen molar-refractivity contribution in [1.82, 2.24) is 4.90 Å². The van der Waals surface area contributed by atoms with Gasteiger partial charge in [0.15, 0.2) is 0 Å². The first-order valence-corrected chi connectivity index (χ1v) is 7.35. The first kappa shape index (κ1) is 15.8. The van der Waals surface area contributed by atoms with E-state index < -0.39 is 5.92 Å². The van der Waals surface area contributed by atoms with Crippen LogP contribution in [0.2, 0.25) is 0 Å². The molecule has 1 heterocycles. The second-order valence-electron chi connectivity index (χ2n) is 5.28. The van der Waals surface area contributed by atoms with Gasteiger partial charge in [0.05, 0.1) is 25.2 Å². The van der Waals surface area contributed by atoms with E-state index in [2.05, 4.69) is 15.9 Å². The molecule has 1 fully saturated rings. The molecule has 1 saturated heterocycles. The van der Waals surface area contributed by atoms with Crippen LogP contribution in [0.4, 0.5) is 5.69 Å². The van der Waals surface area contributed by atoms with Gasteiger partial charge in [-0.3, -0.25) is 4.90 Å². The lowest BCUT2D eigenvalue weighted by Crippen LogP contribution is -2.47. The van der Waals surface area contributed by atoms with Crippen LogP contribution in [0.5, 0.6) is 0 Å². The summed E-state index contributed by atoms with van der Waals surface area (Å²) in [7, 11) is 1.73. The van der Waals surface area contributed by atoms with Crippen molar-refractivity contribution < 1.29 is 9.84 Å². The lowest BCUT2D eigenvalue weighted by molar-refractivity contribution is 0.144. The lowest BCUT2D eigenvalue weighted by Gasteiger charge is -2.36. The normalized spacial score (nSPS) is 17.5. The fourth-order valence-corrected chi connectivity index (χ4v) is 2.59. The maximum atomic E-state index is 9.15. The molecule has 0 bridgehead atoms. The summed E-state index contributed by atoms with van der Waals surface area (Å²) in [4.78, 5) is 4.76. The van der Waals surface area contributed by atoms with E-state index in [-0.39, 0.29) is 6.61 Å². The molecule has 0 amide bonds. The molecule has 1 aromatic rings. The molecule has 1 atom stereocenters. The van der Waals surface area contributed by atoms with Crippen molar-refractivity contribution in [3.05, 3.63) is 29.8 Å². The number of anilines is 1. The zero-order chi connectivity index (χ0) is 15.1. The lowest BCUT2D eigenvalue weighted by atomic mass is 10.0. The van der Waals surface area contributed by atoms with Crippen molar-refractivity contribution in [3.8, 4) is 6.07 Å². The Morgan fingerprint density at radius 1 is 1.24 bits per heavy atom. The molecular weight excluding hydrogens is 266 g/mol. The Kier molecular flexibility index (Phi) is 6.00. The number of hydrogen-bond acceptors (Lipinski definition) is 5. The third-order valence-corrected chi connectivity index (χ3v) is 3.98. The molecule has 0 saturated carbocycles. The van der Waals surface area contributed by atoms with Crippen LogP contribution >= 0.6 is 0 Å². The molecule has 1 aliphatic heterocycles. The zero-order valence-corrected chi connectivity index (χ0v) is 12.5. The molecule has 5 heteroatoms. The van der Waals surface area contributed by atoms with Gasteiger partial charge in [-0.05, 0) is 17.7 Å². The number of ether oxygens (including phenoxy) is 1. The maximum Gasteiger partial charge on any atom is 0.0943 e. The molecule has 0 aliphatic carbocycles. The van der Waals surface area contributed by atoms with E-state index in [0.29, 0.717) is 0 Å². The van der Waals surface area contributed by atoms with Crippen LogP contribution in [-0.4, -0.2) is 63.1 Å². The second-order valence-corrected chi connectivity index (χ2v) is 5.28. The molecule has 1 aromatic carbocycles. The van der Waals surface area contributed by atoms with Crippen LogP contribution < -0.4 is 4.90 Å². The summed E-state index contributed by atoms with van der Waals surface area (Å²) in [6.07, 6.45) is 0. The van der Waals surface area contributed by atoms with Gasteiger partial charge in [-0.25, -0.2) is 0 Å². The van der Waals surface area contributed by atoms with Crippen molar-refractivity contribution >= 4 is 5.69 Å². The number of nitrogens with zero attached hydrogens (tertiary/aromatic N) is 3. The van der Waals surface area contributed by atoms with Gasteiger partial charge in [-0.1, -0.05) is 12.1 Å². The molecule has 1 unspecified atom stereocenters. The molecule has 1 N–H and O–H groups in total. The fourth-order valence-electron chi connectivity index (χ4n) is 2.59. The number of benzene rings is 1. The molecule has 114 valence electrons. The first-order chi connectivity index (χ1) is 10.3. The number of nitriles is 1. The average Bonchev–Trinajstić information content (AvgIpc) is 2.55. The molecule has 0 radical (unpaired) electrons. The molecular formula is C16H23N3O2. The van der Waals surface area contributed by atoms with Crippen LogP contribution in [0.15, 0.2) is 24.3 Å². The number of hydrogen-bond donors (Lipinski definition) is 1. The number of rotatable bonds is 6. The van der Waals surface area contributed by atoms with Gasteiger partial charge in [0.2, 0.25) is 0 Å². The highest BCUT2D eigenvalue weighted by molar-refractivity contribution is 5.49. The Morgan fingerprint density at radius 2 is 1.90 bits per heavy atom. The van der Waals surface area contributed by atoms with Gasteiger partial charge in [0.1, 0.15) is 0 Å². The van der Waals surface area contributed by atoms with Crippen molar-refractivity contribution in [2.45, 2.75) is 5.92 Å². The number of piperazine rings is 1. The summed E-state index contributed by atoms with van der Waals surface area (Å²) < 4.78 is 5.11. The average molecular weight is 289 g/mol. The largest absolute Gasteiger partial charge is 0.395 e. The Morgan fingerprint density at radius 3 is 2.43 bits per heavy atom. The quantitative estimate of drug-likeness (QED) is 0.848. The van der Waals surface area contributed by atoms with Gasteiger partial charge in [0.25, 0.3) is 0 Å². The van der Waals surface area contributed by atoms with Crippen LogP contribution in [0.3, 0.4) is 0 Å². The third kappa shape index (κ3) is 4.18. The van der Waals surface area contributed by atoms with Crippen LogP contribution in [0.1, 0.15) is 11.5 Å². The minimum absolute atomic E-state index is 0.131. The monoisotopic (exact) mass is 289 g/mol. The summed E-state index contributed by atoms with van der Waals surface area (Å²) in [5, 5.41) is 18.1. The molecule has 0 spiro atoms. The van der Waals surface area contributed by atoms with Crippen LogP contribution in [0, 0.1) is 11.3 Å². The zero-order valence-electron chi connectivity index (χ0n) is 12.5. The predicted octanol–water partition coefficient (Wildman–Crippen LogP) is 1.05. The van der Waals surface area contributed by atoms with E-state index in [9.17, 15) is 0 Å². The Labute approximate surface area is 126 Å². The molecule has 2 rings (SSSR count). The Balaban J connectivity index is 1.90. The van der Waals surface area contributed by atoms with Crippen molar-refractivity contribution in [3.63, 3.8) is 0 Å². The summed E-state index contributed by atoms with van der Waals surface area (Å²) in [6, 6.07) is 10.1. The van der Waals surface area contributed by atoms with E-state index in [0.717, 1.165) is 44.9 Å². The minimum Gasteiger partial charge on any atom is -0.395 e. The van der Waals surface area contributed by atoms with Crippen molar-refractivity contribution in [2.24, 2.45) is 0 Å². The van der Waals surface area contributed by atoms with Crippen molar-refractivity contribution in [2.75, 3.05) is 57.9 Å². The van der Waals surface area contributed by atoms with Gasteiger partial charge in [-0.2, -0.15) is 5.26 Å². The van der Waals surface area contributed by atoms with E-state index in [1.807, 2.05) is 24.3 Å². The van der Waals surface area contributed by atoms with Gasteiger partial charge >= 0.3 is 0 Å². The van der Waals surface area contributed by atoms with Crippen LogP contribution in [0.25, 0.3) is 0 Å². The molecule has 0 aromatic heterocycles. The fraction of sp³-hybridized carbons (Fsp3) is 0.562. The molecule has 1 aliphatic rings. The minimum atomic E-state index is -0.426. The Bertz CT molecular complexity index is 461. The first-order valence-electron chi connectivity index (χ1n) is 7.35. The van der Waals surface area contributed by atoms with E-state index in [4.69, 9.17) is 15.1 Å². The molecule has 21 heavy (non-hydrogen) atoms. The maximum absolute atomic E-state index is 9.15. The van der Waals surface area contributed by atoms with Gasteiger partial charge < -0.3 is 14.7 Å².